The van der Waals surface area contributed by atoms with Gasteiger partial charge in [0.1, 0.15) is 5.60 Å². The monoisotopic (exact) mass is 410 g/mol. The lowest BCUT2D eigenvalue weighted by Crippen LogP contribution is -2.24. The number of aromatic nitrogens is 2. The Kier molecular flexibility index (Phi) is 5.98. The second kappa shape index (κ2) is 7.61. The van der Waals surface area contributed by atoms with Crippen LogP contribution in [-0.4, -0.2) is 34.2 Å². The molecular formula is C17H23BrN4OS. The quantitative estimate of drug-likeness (QED) is 0.504. The largest absolute Gasteiger partial charge is 0.465 e. The van der Waals surface area contributed by atoms with Crippen LogP contribution in [0, 0.1) is 13.8 Å². The number of pyridine rings is 1. The molecule has 0 saturated carbocycles. The third kappa shape index (κ3) is 4.54. The fourth-order valence-electron chi connectivity index (χ4n) is 1.93. The third-order valence-corrected chi connectivity index (χ3v) is 5.33. The SMILES string of the molecule is CCN(C)/C=N/c1cc(Br)c(OC(C)(C)c2cc(C)ns2)nc1C. The van der Waals surface area contributed by atoms with Gasteiger partial charge in [-0.1, -0.05) is 0 Å². The summed E-state index contributed by atoms with van der Waals surface area (Å²) in [5, 5.41) is 0. The maximum atomic E-state index is 6.16. The number of hydrogen-bond donors (Lipinski definition) is 0. The van der Waals surface area contributed by atoms with Crippen LogP contribution in [-0.2, 0) is 5.60 Å². The van der Waals surface area contributed by atoms with E-state index in [0.717, 1.165) is 33.0 Å². The van der Waals surface area contributed by atoms with Gasteiger partial charge in [-0.05, 0) is 74.2 Å². The topological polar surface area (TPSA) is 50.6 Å². The lowest BCUT2D eigenvalue weighted by Gasteiger charge is -2.25. The van der Waals surface area contributed by atoms with Crippen LogP contribution in [0.4, 0.5) is 5.69 Å². The van der Waals surface area contributed by atoms with Crippen LogP contribution in [0.25, 0.3) is 0 Å². The van der Waals surface area contributed by atoms with Crippen molar-refractivity contribution in [2.45, 2.75) is 40.2 Å². The van der Waals surface area contributed by atoms with E-state index in [1.54, 1.807) is 6.34 Å². The van der Waals surface area contributed by atoms with Crippen LogP contribution in [0.2, 0.25) is 0 Å². The number of hydrogen-bond acceptors (Lipinski definition) is 5. The van der Waals surface area contributed by atoms with Crippen molar-refractivity contribution in [3.63, 3.8) is 0 Å². The first kappa shape index (κ1) is 18.9. The molecule has 2 aromatic heterocycles. The smallest absolute Gasteiger partial charge is 0.229 e. The molecule has 5 nitrogen and oxygen atoms in total. The van der Waals surface area contributed by atoms with E-state index in [1.807, 2.05) is 51.8 Å². The van der Waals surface area contributed by atoms with Gasteiger partial charge in [-0.15, -0.1) is 0 Å². The predicted molar refractivity (Wildman–Crippen MR) is 104 cm³/mol. The van der Waals surface area contributed by atoms with Crippen LogP contribution in [0.5, 0.6) is 5.88 Å². The van der Waals surface area contributed by atoms with Gasteiger partial charge >= 0.3 is 0 Å². The predicted octanol–water partition coefficient (Wildman–Crippen LogP) is 4.84. The first-order valence-electron chi connectivity index (χ1n) is 7.77. The molecule has 0 amide bonds. The zero-order chi connectivity index (χ0) is 17.9. The summed E-state index contributed by atoms with van der Waals surface area (Å²) in [5.74, 6) is 0.561. The van der Waals surface area contributed by atoms with Gasteiger partial charge in [-0.2, -0.15) is 4.37 Å². The summed E-state index contributed by atoms with van der Waals surface area (Å²) in [4.78, 5) is 12.1. The first-order valence-corrected chi connectivity index (χ1v) is 9.34. The summed E-state index contributed by atoms with van der Waals surface area (Å²) in [6.07, 6.45) is 1.81. The highest BCUT2D eigenvalue weighted by molar-refractivity contribution is 9.10. The maximum Gasteiger partial charge on any atom is 0.229 e. The number of aryl methyl sites for hydroxylation is 2. The van der Waals surface area contributed by atoms with Gasteiger partial charge < -0.3 is 9.64 Å². The van der Waals surface area contributed by atoms with E-state index in [2.05, 4.69) is 37.2 Å². The Hall–Kier alpha value is -1.47. The van der Waals surface area contributed by atoms with Crippen molar-refractivity contribution in [3.8, 4) is 5.88 Å². The van der Waals surface area contributed by atoms with Gasteiger partial charge in [0.25, 0.3) is 0 Å². The molecule has 2 heterocycles. The summed E-state index contributed by atoms with van der Waals surface area (Å²) in [6.45, 7) is 10.9. The van der Waals surface area contributed by atoms with E-state index in [9.17, 15) is 0 Å². The van der Waals surface area contributed by atoms with Crippen LogP contribution in [0.3, 0.4) is 0 Å². The molecule has 0 aliphatic carbocycles. The molecule has 0 unspecified atom stereocenters. The Morgan fingerprint density at radius 3 is 2.67 bits per heavy atom. The number of rotatable bonds is 6. The Morgan fingerprint density at radius 1 is 1.38 bits per heavy atom. The summed E-state index contributed by atoms with van der Waals surface area (Å²) in [6, 6.07) is 3.98. The zero-order valence-electron chi connectivity index (χ0n) is 14.9. The summed E-state index contributed by atoms with van der Waals surface area (Å²) in [7, 11) is 1.98. The van der Waals surface area contributed by atoms with Crippen molar-refractivity contribution in [2.24, 2.45) is 4.99 Å². The number of ether oxygens (including phenoxy) is 1. The second-order valence-corrected chi connectivity index (χ2v) is 7.80. The number of halogens is 1. The molecule has 0 atom stereocenters. The molecule has 0 aliphatic rings. The molecule has 0 fully saturated rings. The van der Waals surface area contributed by atoms with Gasteiger partial charge in [0.05, 0.1) is 32.8 Å². The Bertz CT molecular complexity index is 742. The van der Waals surface area contributed by atoms with Crippen molar-refractivity contribution in [2.75, 3.05) is 13.6 Å². The van der Waals surface area contributed by atoms with E-state index in [1.165, 1.54) is 11.5 Å². The lowest BCUT2D eigenvalue weighted by atomic mass is 10.1. The van der Waals surface area contributed by atoms with Gasteiger partial charge in [-0.3, -0.25) is 0 Å². The van der Waals surface area contributed by atoms with Crippen molar-refractivity contribution < 1.29 is 4.74 Å². The molecule has 130 valence electrons. The normalized spacial score (nSPS) is 12.0. The van der Waals surface area contributed by atoms with E-state index < -0.39 is 5.60 Å². The van der Waals surface area contributed by atoms with Gasteiger partial charge in [-0.25, -0.2) is 9.98 Å². The highest BCUT2D eigenvalue weighted by atomic mass is 79.9. The number of aliphatic imine (C=N–C) groups is 1. The number of nitrogens with zero attached hydrogens (tertiary/aromatic N) is 4. The second-order valence-electron chi connectivity index (χ2n) is 6.14. The molecule has 0 aromatic carbocycles. The minimum absolute atomic E-state index is 0.499. The fraction of sp³-hybridized carbons (Fsp3) is 0.471. The Balaban J connectivity index is 2.26. The minimum atomic E-state index is -0.499. The molecule has 0 saturated heterocycles. The Morgan fingerprint density at radius 2 is 2.08 bits per heavy atom. The van der Waals surface area contributed by atoms with Gasteiger partial charge in [0, 0.05) is 13.6 Å². The molecule has 0 spiro atoms. The molecule has 0 N–H and O–H groups in total. The molecule has 0 bridgehead atoms. The highest BCUT2D eigenvalue weighted by Gasteiger charge is 2.27. The van der Waals surface area contributed by atoms with Crippen LogP contribution in [0.1, 0.15) is 37.0 Å². The standard InChI is InChI=1S/C17H23BrN4OS/c1-7-22(6)10-19-14-9-13(18)16(20-12(14)3)23-17(4,5)15-8-11(2)21-24-15/h8-10H,7H2,1-6H3/b19-10+. The Labute approximate surface area is 156 Å². The van der Waals surface area contributed by atoms with Crippen molar-refractivity contribution >= 4 is 39.5 Å². The van der Waals surface area contributed by atoms with Crippen molar-refractivity contribution in [1.29, 1.82) is 0 Å². The average Bonchev–Trinajstić information content (AvgIpc) is 2.96. The molecule has 24 heavy (non-hydrogen) atoms. The molecule has 2 rings (SSSR count). The van der Waals surface area contributed by atoms with E-state index in [4.69, 9.17) is 4.74 Å². The van der Waals surface area contributed by atoms with Crippen molar-refractivity contribution in [3.05, 3.63) is 32.9 Å². The zero-order valence-corrected chi connectivity index (χ0v) is 17.3. The molecule has 7 heteroatoms. The van der Waals surface area contributed by atoms with E-state index >= 15 is 0 Å². The van der Waals surface area contributed by atoms with Gasteiger partial charge in [0.2, 0.25) is 5.88 Å². The summed E-state index contributed by atoms with van der Waals surface area (Å²) in [5.41, 5.74) is 2.15. The van der Waals surface area contributed by atoms with Crippen LogP contribution >= 0.6 is 27.5 Å². The highest BCUT2D eigenvalue weighted by Crippen LogP contribution is 2.35. The molecular weight excluding hydrogens is 388 g/mol. The average molecular weight is 411 g/mol. The van der Waals surface area contributed by atoms with Crippen LogP contribution < -0.4 is 4.74 Å². The first-order chi connectivity index (χ1) is 11.2. The molecule has 2 aromatic rings. The van der Waals surface area contributed by atoms with Crippen LogP contribution in [0.15, 0.2) is 21.6 Å². The minimum Gasteiger partial charge on any atom is -0.465 e. The third-order valence-electron chi connectivity index (χ3n) is 3.57. The maximum absolute atomic E-state index is 6.16. The van der Waals surface area contributed by atoms with Crippen molar-refractivity contribution in [1.82, 2.24) is 14.3 Å². The van der Waals surface area contributed by atoms with Gasteiger partial charge in [0.15, 0.2) is 0 Å². The lowest BCUT2D eigenvalue weighted by molar-refractivity contribution is 0.105. The van der Waals surface area contributed by atoms with E-state index in [-0.39, 0.29) is 0 Å². The molecule has 0 aliphatic heterocycles. The fourth-order valence-corrected chi connectivity index (χ4v) is 3.10. The molecule has 0 radical (unpaired) electrons. The van der Waals surface area contributed by atoms with E-state index in [0.29, 0.717) is 5.88 Å². The summed E-state index contributed by atoms with van der Waals surface area (Å²) >= 11 is 5.00. The summed E-state index contributed by atoms with van der Waals surface area (Å²) < 4.78 is 11.3.